The van der Waals surface area contributed by atoms with Gasteiger partial charge in [-0.3, -0.25) is 4.98 Å². The maximum atomic E-state index is 12.6. The molecule has 8 nitrogen and oxygen atoms in total. The number of nitrogens with zero attached hydrogens (tertiary/aromatic N) is 3. The highest BCUT2D eigenvalue weighted by Crippen LogP contribution is 2.47. The van der Waals surface area contributed by atoms with E-state index in [2.05, 4.69) is 25.8 Å². The van der Waals surface area contributed by atoms with Crippen LogP contribution in [0, 0.1) is 13.8 Å². The van der Waals surface area contributed by atoms with Gasteiger partial charge < -0.3 is 29.0 Å². The fourth-order valence-electron chi connectivity index (χ4n) is 5.32. The summed E-state index contributed by atoms with van der Waals surface area (Å²) in [6.07, 6.45) is 1.78. The van der Waals surface area contributed by atoms with Crippen molar-refractivity contribution < 1.29 is 19.0 Å². The van der Waals surface area contributed by atoms with E-state index in [9.17, 15) is 4.79 Å². The van der Waals surface area contributed by atoms with E-state index in [1.54, 1.807) is 26.5 Å². The third-order valence-corrected chi connectivity index (χ3v) is 7.40. The van der Waals surface area contributed by atoms with Gasteiger partial charge in [-0.2, -0.15) is 0 Å². The Hall–Kier alpha value is -4.37. The van der Waals surface area contributed by atoms with Crippen LogP contribution in [0.2, 0.25) is 0 Å². The summed E-state index contributed by atoms with van der Waals surface area (Å²) in [4.78, 5) is 19.4. The van der Waals surface area contributed by atoms with Gasteiger partial charge in [0, 0.05) is 23.7 Å². The first kappa shape index (κ1) is 26.2. The van der Waals surface area contributed by atoms with E-state index in [4.69, 9.17) is 26.4 Å². The number of thiocarbonyl (C=S) groups is 1. The Morgan fingerprint density at radius 1 is 0.949 bits per heavy atom. The molecule has 1 fully saturated rings. The smallest absolute Gasteiger partial charge is 0.339 e. The van der Waals surface area contributed by atoms with Gasteiger partial charge in [-0.05, 0) is 74.1 Å². The molecule has 0 spiro atoms. The van der Waals surface area contributed by atoms with Gasteiger partial charge in [0.1, 0.15) is 11.5 Å². The molecule has 39 heavy (non-hydrogen) atoms. The van der Waals surface area contributed by atoms with Crippen molar-refractivity contribution >= 4 is 29.0 Å². The van der Waals surface area contributed by atoms with Gasteiger partial charge in [-0.15, -0.1) is 0 Å². The molecular formula is C30H30N4O4S. The predicted molar refractivity (Wildman–Crippen MR) is 154 cm³/mol. The summed E-state index contributed by atoms with van der Waals surface area (Å²) in [5.41, 5.74) is 5.83. The number of hydrogen-bond acceptors (Lipinski definition) is 6. The summed E-state index contributed by atoms with van der Waals surface area (Å²) in [5.74, 6) is 0.958. The Morgan fingerprint density at radius 3 is 2.41 bits per heavy atom. The minimum absolute atomic E-state index is 0.251. The monoisotopic (exact) mass is 542 g/mol. The lowest BCUT2D eigenvalue weighted by atomic mass is 9.96. The molecule has 4 aromatic rings. The molecule has 1 saturated heterocycles. The number of aromatic nitrogens is 2. The van der Waals surface area contributed by atoms with E-state index in [1.807, 2.05) is 68.4 Å². The van der Waals surface area contributed by atoms with Crippen LogP contribution in [0.3, 0.4) is 0 Å². The average molecular weight is 543 g/mol. The quantitative estimate of drug-likeness (QED) is 0.243. The second-order valence-electron chi connectivity index (χ2n) is 9.20. The van der Waals surface area contributed by atoms with E-state index < -0.39 is 5.97 Å². The van der Waals surface area contributed by atoms with Crippen LogP contribution in [0.25, 0.3) is 5.69 Å². The Labute approximate surface area is 233 Å². The van der Waals surface area contributed by atoms with Crippen LogP contribution >= 0.6 is 12.2 Å². The molecule has 200 valence electrons. The summed E-state index contributed by atoms with van der Waals surface area (Å²) in [7, 11) is 4.66. The zero-order chi connectivity index (χ0) is 27.7. The Bertz CT molecular complexity index is 1540. The van der Waals surface area contributed by atoms with E-state index in [-0.39, 0.29) is 12.1 Å². The van der Waals surface area contributed by atoms with Gasteiger partial charge in [-0.25, -0.2) is 4.79 Å². The third-order valence-electron chi connectivity index (χ3n) is 7.08. The highest BCUT2D eigenvalue weighted by Gasteiger charge is 2.43. The van der Waals surface area contributed by atoms with Gasteiger partial charge in [0.25, 0.3) is 0 Å². The van der Waals surface area contributed by atoms with Crippen molar-refractivity contribution in [1.82, 2.24) is 14.9 Å². The number of anilines is 1. The molecule has 1 N–H and O–H groups in total. The lowest BCUT2D eigenvalue weighted by molar-refractivity contribution is 0.0600. The zero-order valence-corrected chi connectivity index (χ0v) is 23.3. The molecule has 2 aromatic heterocycles. The summed E-state index contributed by atoms with van der Waals surface area (Å²) in [6, 6.07) is 20.6. The van der Waals surface area contributed by atoms with Gasteiger partial charge in [-0.1, -0.05) is 18.2 Å². The molecule has 2 atom stereocenters. The molecule has 3 heterocycles. The molecule has 0 aliphatic carbocycles. The van der Waals surface area contributed by atoms with E-state index in [1.165, 1.54) is 7.11 Å². The fraction of sp³-hybridized carbons (Fsp3) is 0.233. The minimum Gasteiger partial charge on any atom is -0.497 e. The van der Waals surface area contributed by atoms with Crippen LogP contribution in [0.4, 0.5) is 5.69 Å². The molecule has 0 radical (unpaired) electrons. The molecule has 0 saturated carbocycles. The van der Waals surface area contributed by atoms with Crippen molar-refractivity contribution in [2.75, 3.05) is 26.2 Å². The lowest BCUT2D eigenvalue weighted by Crippen LogP contribution is -2.30. The SMILES string of the molecule is COC(=O)c1ccccc1-n1c(C)cc([C@@H]2[C@H](c3ccccn3)NC(=S)N2c2cc(OC)ccc2OC)c1C. The number of carbonyl (C=O) groups excluding carboxylic acids is 1. The van der Waals surface area contributed by atoms with Crippen LogP contribution < -0.4 is 19.7 Å². The number of ether oxygens (including phenoxy) is 3. The summed E-state index contributed by atoms with van der Waals surface area (Å²) in [5, 5.41) is 4.05. The average Bonchev–Trinajstić information content (AvgIpc) is 3.46. The molecule has 1 aliphatic heterocycles. The number of carbonyl (C=O) groups is 1. The van der Waals surface area contributed by atoms with Crippen LogP contribution in [0.15, 0.2) is 72.9 Å². The first-order chi connectivity index (χ1) is 18.9. The molecule has 0 unspecified atom stereocenters. The largest absolute Gasteiger partial charge is 0.497 e. The van der Waals surface area contributed by atoms with Gasteiger partial charge in [0.05, 0.1) is 56.0 Å². The molecular weight excluding hydrogens is 512 g/mol. The van der Waals surface area contributed by atoms with Gasteiger partial charge in [0.15, 0.2) is 5.11 Å². The number of pyridine rings is 1. The first-order valence-corrected chi connectivity index (χ1v) is 12.9. The molecule has 5 rings (SSSR count). The van der Waals surface area contributed by atoms with E-state index in [0.29, 0.717) is 22.2 Å². The highest BCUT2D eigenvalue weighted by molar-refractivity contribution is 7.80. The van der Waals surface area contributed by atoms with Crippen molar-refractivity contribution in [3.63, 3.8) is 0 Å². The number of benzene rings is 2. The standard InChI is InChI=1S/C30H30N4O4S/c1-18-16-22(19(2)33(18)24-12-7-6-10-21(24)29(35)38-5)28-27(23-11-8-9-15-31-23)32-30(39)34(28)25-17-20(36-3)13-14-26(25)37-4/h6-17,27-28H,1-5H3,(H,32,39)/t27-,28+/m0/s1. The maximum absolute atomic E-state index is 12.6. The third kappa shape index (κ3) is 4.59. The van der Waals surface area contributed by atoms with Crippen LogP contribution in [0.5, 0.6) is 11.5 Å². The second-order valence-corrected chi connectivity index (χ2v) is 9.59. The topological polar surface area (TPSA) is 77.9 Å². The molecule has 2 aromatic carbocycles. The predicted octanol–water partition coefficient (Wildman–Crippen LogP) is 5.47. The first-order valence-electron chi connectivity index (χ1n) is 12.5. The number of esters is 1. The minimum atomic E-state index is -0.391. The maximum Gasteiger partial charge on any atom is 0.339 e. The van der Waals surface area contributed by atoms with Crippen molar-refractivity contribution in [2.45, 2.75) is 25.9 Å². The lowest BCUT2D eigenvalue weighted by Gasteiger charge is -2.29. The van der Waals surface area contributed by atoms with Crippen molar-refractivity contribution in [1.29, 1.82) is 0 Å². The summed E-state index contributed by atoms with van der Waals surface area (Å²) in [6.45, 7) is 4.08. The number of rotatable bonds is 7. The second kappa shape index (κ2) is 10.8. The number of methoxy groups -OCH3 is 3. The van der Waals surface area contributed by atoms with E-state index >= 15 is 0 Å². The van der Waals surface area contributed by atoms with Gasteiger partial charge >= 0.3 is 5.97 Å². The zero-order valence-electron chi connectivity index (χ0n) is 22.5. The van der Waals surface area contributed by atoms with Gasteiger partial charge in [0.2, 0.25) is 0 Å². The van der Waals surface area contributed by atoms with Crippen molar-refractivity contribution in [3.8, 4) is 17.2 Å². The number of para-hydroxylation sites is 1. The summed E-state index contributed by atoms with van der Waals surface area (Å²) < 4.78 is 18.5. The van der Waals surface area contributed by atoms with E-state index in [0.717, 1.165) is 34.0 Å². The Morgan fingerprint density at radius 2 is 1.72 bits per heavy atom. The fourth-order valence-corrected chi connectivity index (χ4v) is 5.66. The van der Waals surface area contributed by atoms with Crippen LogP contribution in [-0.4, -0.2) is 42.0 Å². The number of aryl methyl sites for hydroxylation is 1. The molecule has 1 aliphatic rings. The number of nitrogens with one attached hydrogen (secondary N) is 1. The molecule has 0 bridgehead atoms. The van der Waals surface area contributed by atoms with Crippen molar-refractivity contribution in [2.24, 2.45) is 0 Å². The van der Waals surface area contributed by atoms with Crippen LogP contribution in [-0.2, 0) is 4.74 Å². The summed E-state index contributed by atoms with van der Waals surface area (Å²) >= 11 is 5.93. The number of hydrogen-bond donors (Lipinski definition) is 1. The highest BCUT2D eigenvalue weighted by atomic mass is 32.1. The Balaban J connectivity index is 1.73. The molecule has 0 amide bonds. The van der Waals surface area contributed by atoms with Crippen molar-refractivity contribution in [3.05, 3.63) is 101 Å². The Kier molecular flexibility index (Phi) is 7.26. The normalized spacial score (nSPS) is 16.6. The molecule has 9 heteroatoms. The van der Waals surface area contributed by atoms with Crippen LogP contribution in [0.1, 0.15) is 45.1 Å².